The number of methoxy groups -OCH3 is 1. The number of ether oxygens (including phenoxy) is 1. The van der Waals surface area contributed by atoms with Gasteiger partial charge in [-0.2, -0.15) is 0 Å². The predicted octanol–water partition coefficient (Wildman–Crippen LogP) is 4.65. The molecule has 3 aromatic rings. The summed E-state index contributed by atoms with van der Waals surface area (Å²) in [5, 5.41) is 3.81. The van der Waals surface area contributed by atoms with Crippen molar-refractivity contribution < 1.29 is 18.7 Å². The molecule has 0 bridgehead atoms. The number of fused-ring (bicyclic) bond motifs is 1. The first-order valence-corrected chi connectivity index (χ1v) is 9.07. The second kappa shape index (κ2) is 7.99. The maximum Gasteiger partial charge on any atom is 0.337 e. The summed E-state index contributed by atoms with van der Waals surface area (Å²) in [4.78, 5) is 27.8. The maximum atomic E-state index is 12.0. The molecule has 1 heterocycles. The molecule has 2 aromatic carbocycles. The standard InChI is InChI=1S/C17H12Cl2N2O4S/c1-24-16(23)9-2-5-14-13(6-9)21-17(25-14)26-8-15(22)20-10-3-4-11(18)12(19)7-10/h2-7H,8H2,1H3,(H,20,22). The Morgan fingerprint density at radius 1 is 1.19 bits per heavy atom. The van der Waals surface area contributed by atoms with Gasteiger partial charge in [-0.15, -0.1) is 0 Å². The fourth-order valence-corrected chi connectivity index (χ4v) is 3.05. The van der Waals surface area contributed by atoms with Gasteiger partial charge < -0.3 is 14.5 Å². The minimum atomic E-state index is -0.454. The van der Waals surface area contributed by atoms with Gasteiger partial charge in [0, 0.05) is 5.69 Å². The van der Waals surface area contributed by atoms with Gasteiger partial charge in [0.25, 0.3) is 5.22 Å². The fourth-order valence-electron chi connectivity index (χ4n) is 2.11. The molecule has 1 N–H and O–H groups in total. The van der Waals surface area contributed by atoms with Crippen LogP contribution in [0.3, 0.4) is 0 Å². The van der Waals surface area contributed by atoms with Gasteiger partial charge in [0.2, 0.25) is 5.91 Å². The fraction of sp³-hybridized carbons (Fsp3) is 0.118. The van der Waals surface area contributed by atoms with Gasteiger partial charge in [0.1, 0.15) is 5.52 Å². The topological polar surface area (TPSA) is 81.4 Å². The smallest absolute Gasteiger partial charge is 0.337 e. The molecular formula is C17H12Cl2N2O4S. The van der Waals surface area contributed by atoms with Crippen molar-refractivity contribution in [2.24, 2.45) is 0 Å². The first kappa shape index (κ1) is 18.6. The first-order valence-electron chi connectivity index (χ1n) is 7.33. The van der Waals surface area contributed by atoms with E-state index in [2.05, 4.69) is 15.0 Å². The van der Waals surface area contributed by atoms with Crippen LogP contribution in [-0.4, -0.2) is 29.7 Å². The zero-order chi connectivity index (χ0) is 18.7. The van der Waals surface area contributed by atoms with Gasteiger partial charge in [0.15, 0.2) is 5.58 Å². The van der Waals surface area contributed by atoms with Crippen LogP contribution in [0.2, 0.25) is 10.0 Å². The molecule has 0 aliphatic rings. The number of benzene rings is 2. The lowest BCUT2D eigenvalue weighted by atomic mass is 10.2. The minimum Gasteiger partial charge on any atom is -0.465 e. The molecule has 26 heavy (non-hydrogen) atoms. The van der Waals surface area contributed by atoms with Gasteiger partial charge >= 0.3 is 5.97 Å². The van der Waals surface area contributed by atoms with Gasteiger partial charge in [-0.25, -0.2) is 9.78 Å². The number of nitrogens with one attached hydrogen (secondary N) is 1. The molecule has 0 spiro atoms. The van der Waals surface area contributed by atoms with Crippen LogP contribution in [0.25, 0.3) is 11.1 Å². The lowest BCUT2D eigenvalue weighted by Gasteiger charge is -2.05. The number of hydrogen-bond acceptors (Lipinski definition) is 6. The third-order valence-electron chi connectivity index (χ3n) is 3.32. The maximum absolute atomic E-state index is 12.0. The molecule has 0 atom stereocenters. The molecule has 0 saturated heterocycles. The number of anilines is 1. The molecule has 3 rings (SSSR count). The van der Waals surface area contributed by atoms with Gasteiger partial charge in [-0.3, -0.25) is 4.79 Å². The normalized spacial score (nSPS) is 10.7. The second-order valence-corrected chi connectivity index (χ2v) is 6.86. The van der Waals surface area contributed by atoms with Crippen LogP contribution < -0.4 is 5.32 Å². The summed E-state index contributed by atoms with van der Waals surface area (Å²) in [6, 6.07) is 9.63. The van der Waals surface area contributed by atoms with Gasteiger partial charge in [-0.1, -0.05) is 35.0 Å². The summed E-state index contributed by atoms with van der Waals surface area (Å²) in [6.45, 7) is 0. The molecule has 0 aliphatic heterocycles. The molecule has 134 valence electrons. The zero-order valence-corrected chi connectivity index (χ0v) is 15.7. The quantitative estimate of drug-likeness (QED) is 0.486. The number of oxazole rings is 1. The molecule has 0 saturated carbocycles. The van der Waals surface area contributed by atoms with Crippen LogP contribution in [0.1, 0.15) is 10.4 Å². The molecule has 1 aromatic heterocycles. The van der Waals surface area contributed by atoms with Crippen molar-refractivity contribution in [1.82, 2.24) is 4.98 Å². The Morgan fingerprint density at radius 3 is 2.73 bits per heavy atom. The second-order valence-electron chi connectivity index (χ2n) is 5.12. The van der Waals surface area contributed by atoms with E-state index in [9.17, 15) is 9.59 Å². The summed E-state index contributed by atoms with van der Waals surface area (Å²) in [6.07, 6.45) is 0. The van der Waals surface area contributed by atoms with Crippen LogP contribution in [-0.2, 0) is 9.53 Å². The summed E-state index contributed by atoms with van der Waals surface area (Å²) in [5.74, 6) is -0.604. The number of amides is 1. The third kappa shape index (κ3) is 4.30. The monoisotopic (exact) mass is 410 g/mol. The van der Waals surface area contributed by atoms with Crippen LogP contribution in [0.5, 0.6) is 0 Å². The molecule has 0 fully saturated rings. The van der Waals surface area contributed by atoms with E-state index in [4.69, 9.17) is 27.6 Å². The Morgan fingerprint density at radius 2 is 2.00 bits per heavy atom. The Labute approximate surface area is 162 Å². The van der Waals surface area contributed by atoms with Crippen LogP contribution in [0, 0.1) is 0 Å². The van der Waals surface area contributed by atoms with E-state index in [1.54, 1.807) is 36.4 Å². The minimum absolute atomic E-state index is 0.0942. The summed E-state index contributed by atoms with van der Waals surface area (Å²) >= 11 is 12.9. The highest BCUT2D eigenvalue weighted by Gasteiger charge is 2.13. The Hall–Kier alpha value is -2.22. The highest BCUT2D eigenvalue weighted by Crippen LogP contribution is 2.26. The number of thioether (sulfide) groups is 1. The van der Waals surface area contributed by atoms with E-state index in [1.165, 1.54) is 7.11 Å². The Kier molecular flexibility index (Phi) is 5.70. The van der Waals surface area contributed by atoms with E-state index in [0.717, 1.165) is 11.8 Å². The van der Waals surface area contributed by atoms with Crippen molar-refractivity contribution in [3.05, 3.63) is 52.0 Å². The molecular weight excluding hydrogens is 399 g/mol. The van der Waals surface area contributed by atoms with E-state index in [1.807, 2.05) is 0 Å². The molecule has 0 aliphatic carbocycles. The average Bonchev–Trinajstić information content (AvgIpc) is 3.04. The average molecular weight is 411 g/mol. The van der Waals surface area contributed by atoms with E-state index < -0.39 is 5.97 Å². The number of carbonyl (C=O) groups is 2. The zero-order valence-electron chi connectivity index (χ0n) is 13.4. The summed E-state index contributed by atoms with van der Waals surface area (Å²) in [5.41, 5.74) is 1.96. The summed E-state index contributed by atoms with van der Waals surface area (Å²) in [7, 11) is 1.31. The highest BCUT2D eigenvalue weighted by atomic mass is 35.5. The first-order chi connectivity index (χ1) is 12.5. The third-order valence-corrected chi connectivity index (χ3v) is 4.89. The Balaban J connectivity index is 1.64. The molecule has 6 nitrogen and oxygen atoms in total. The van der Waals surface area contributed by atoms with Crippen molar-refractivity contribution in [3.8, 4) is 0 Å². The highest BCUT2D eigenvalue weighted by molar-refractivity contribution is 7.99. The predicted molar refractivity (Wildman–Crippen MR) is 101 cm³/mol. The molecule has 0 radical (unpaired) electrons. The van der Waals surface area contributed by atoms with Gasteiger partial charge in [0.05, 0.1) is 28.5 Å². The lowest BCUT2D eigenvalue weighted by molar-refractivity contribution is -0.113. The van der Waals surface area contributed by atoms with E-state index in [0.29, 0.717) is 37.6 Å². The molecule has 0 unspecified atom stereocenters. The van der Waals surface area contributed by atoms with Crippen molar-refractivity contribution in [1.29, 1.82) is 0 Å². The van der Waals surface area contributed by atoms with Crippen LogP contribution in [0.4, 0.5) is 5.69 Å². The number of halogens is 2. The lowest BCUT2D eigenvalue weighted by Crippen LogP contribution is -2.13. The van der Waals surface area contributed by atoms with Crippen molar-refractivity contribution >= 4 is 63.6 Å². The number of esters is 1. The number of nitrogens with zero attached hydrogens (tertiary/aromatic N) is 1. The SMILES string of the molecule is COC(=O)c1ccc2oc(SCC(=O)Nc3ccc(Cl)c(Cl)c3)nc2c1. The largest absolute Gasteiger partial charge is 0.465 e. The number of carbonyl (C=O) groups excluding carboxylic acids is 2. The number of aromatic nitrogens is 1. The van der Waals surface area contributed by atoms with E-state index >= 15 is 0 Å². The van der Waals surface area contributed by atoms with Crippen molar-refractivity contribution in [3.63, 3.8) is 0 Å². The van der Waals surface area contributed by atoms with Crippen molar-refractivity contribution in [2.45, 2.75) is 5.22 Å². The number of rotatable bonds is 5. The number of hydrogen-bond donors (Lipinski definition) is 1. The molecule has 9 heteroatoms. The van der Waals surface area contributed by atoms with Gasteiger partial charge in [-0.05, 0) is 36.4 Å². The van der Waals surface area contributed by atoms with Crippen molar-refractivity contribution in [2.75, 3.05) is 18.2 Å². The van der Waals surface area contributed by atoms with Crippen LogP contribution in [0.15, 0.2) is 46.0 Å². The summed E-state index contributed by atoms with van der Waals surface area (Å²) < 4.78 is 10.2. The van der Waals surface area contributed by atoms with E-state index in [-0.39, 0.29) is 11.7 Å². The Bertz CT molecular complexity index is 990. The van der Waals surface area contributed by atoms with Crippen LogP contribution >= 0.6 is 35.0 Å². The molecule has 1 amide bonds.